The van der Waals surface area contributed by atoms with Crippen LogP contribution >= 0.6 is 11.3 Å². The first-order valence-corrected chi connectivity index (χ1v) is 7.43. The van der Waals surface area contributed by atoms with Crippen molar-refractivity contribution < 1.29 is 9.53 Å². The van der Waals surface area contributed by atoms with E-state index in [0.29, 0.717) is 5.92 Å². The van der Waals surface area contributed by atoms with Crippen molar-refractivity contribution in [1.82, 2.24) is 0 Å². The van der Waals surface area contributed by atoms with E-state index in [1.165, 1.54) is 36.2 Å². The van der Waals surface area contributed by atoms with Crippen molar-refractivity contribution in [3.8, 4) is 5.75 Å². The van der Waals surface area contributed by atoms with Crippen LogP contribution in [0.2, 0.25) is 0 Å². The highest BCUT2D eigenvalue weighted by atomic mass is 32.1. The maximum Gasteiger partial charge on any atom is 0.203 e. The lowest BCUT2D eigenvalue weighted by molar-refractivity contribution is 0.104. The summed E-state index contributed by atoms with van der Waals surface area (Å²) in [7, 11) is 1.61. The highest BCUT2D eigenvalue weighted by Gasteiger charge is 2.20. The molecule has 0 unspecified atom stereocenters. The molecule has 0 aliphatic heterocycles. The van der Waals surface area contributed by atoms with Gasteiger partial charge in [0.15, 0.2) is 0 Å². The van der Waals surface area contributed by atoms with Gasteiger partial charge in [0.2, 0.25) is 5.78 Å². The van der Waals surface area contributed by atoms with Gasteiger partial charge >= 0.3 is 0 Å². The van der Waals surface area contributed by atoms with Gasteiger partial charge in [-0.05, 0) is 24.3 Å². The molecule has 0 bridgehead atoms. The third kappa shape index (κ3) is 2.43. The Labute approximate surface area is 117 Å². The third-order valence-corrected chi connectivity index (χ3v) is 4.69. The van der Waals surface area contributed by atoms with E-state index in [-0.39, 0.29) is 5.78 Å². The van der Waals surface area contributed by atoms with E-state index in [2.05, 4.69) is 12.1 Å². The second kappa shape index (κ2) is 5.17. The number of ether oxygens (including phenoxy) is 1. The van der Waals surface area contributed by atoms with Crippen molar-refractivity contribution in [3.05, 3.63) is 51.7 Å². The lowest BCUT2D eigenvalue weighted by Crippen LogP contribution is -2.09. The second-order valence-electron chi connectivity index (χ2n) is 4.93. The van der Waals surface area contributed by atoms with Crippen LogP contribution in [0.4, 0.5) is 0 Å². The predicted molar refractivity (Wildman–Crippen MR) is 77.3 cm³/mol. The number of methoxy groups -OCH3 is 1. The van der Waals surface area contributed by atoms with Gasteiger partial charge in [-0.15, -0.1) is 11.3 Å². The lowest BCUT2D eigenvalue weighted by atomic mass is 9.80. The lowest BCUT2D eigenvalue weighted by Gasteiger charge is -2.25. The van der Waals surface area contributed by atoms with E-state index in [1.54, 1.807) is 13.2 Å². The summed E-state index contributed by atoms with van der Waals surface area (Å²) in [5, 5.41) is 1.86. The first kappa shape index (κ1) is 12.4. The van der Waals surface area contributed by atoms with Gasteiger partial charge in [-0.1, -0.05) is 30.7 Å². The van der Waals surface area contributed by atoms with Gasteiger partial charge in [-0.3, -0.25) is 4.79 Å². The van der Waals surface area contributed by atoms with Crippen LogP contribution in [0.3, 0.4) is 0 Å². The van der Waals surface area contributed by atoms with Crippen LogP contribution in [-0.2, 0) is 0 Å². The molecule has 0 radical (unpaired) electrons. The van der Waals surface area contributed by atoms with Crippen molar-refractivity contribution in [3.63, 3.8) is 0 Å². The molecule has 1 aliphatic rings. The molecule has 0 saturated heterocycles. The second-order valence-corrected chi connectivity index (χ2v) is 5.84. The van der Waals surface area contributed by atoms with E-state index in [1.807, 2.05) is 17.5 Å². The molecule has 1 fully saturated rings. The van der Waals surface area contributed by atoms with Gasteiger partial charge in [-0.2, -0.15) is 0 Å². The van der Waals surface area contributed by atoms with E-state index < -0.39 is 0 Å². The van der Waals surface area contributed by atoms with Crippen LogP contribution < -0.4 is 4.74 Å². The average Bonchev–Trinajstić information content (AvgIpc) is 2.85. The number of ketones is 1. The number of hydrogen-bond donors (Lipinski definition) is 0. The van der Waals surface area contributed by atoms with Crippen LogP contribution in [0.15, 0.2) is 35.7 Å². The molecule has 1 heterocycles. The Balaban J connectivity index is 1.79. The molecule has 1 aromatic heterocycles. The first-order chi connectivity index (χ1) is 9.28. The van der Waals surface area contributed by atoms with Crippen molar-refractivity contribution in [2.24, 2.45) is 0 Å². The van der Waals surface area contributed by atoms with E-state index >= 15 is 0 Å². The molecule has 0 N–H and O–H groups in total. The molecule has 2 nitrogen and oxygen atoms in total. The summed E-state index contributed by atoms with van der Waals surface area (Å²) in [6.07, 6.45) is 3.91. The minimum atomic E-state index is 0.0773. The van der Waals surface area contributed by atoms with Crippen LogP contribution in [0.1, 0.15) is 46.0 Å². The number of carbonyl (C=O) groups is 1. The molecule has 2 aromatic rings. The Bertz CT molecular complexity index is 579. The Morgan fingerprint density at radius 3 is 2.53 bits per heavy atom. The standard InChI is InChI=1S/C16H16O2S/c1-18-14-9-15(19-10-14)16(17)13-7-5-12(6-8-13)11-3-2-4-11/h5-11H,2-4H2,1H3. The molecule has 0 spiro atoms. The highest BCUT2D eigenvalue weighted by Crippen LogP contribution is 2.36. The van der Waals surface area contributed by atoms with Gasteiger partial charge in [0.05, 0.1) is 12.0 Å². The summed E-state index contributed by atoms with van der Waals surface area (Å²) in [5.41, 5.74) is 2.12. The number of carbonyl (C=O) groups excluding carboxylic acids is 1. The minimum absolute atomic E-state index is 0.0773. The zero-order chi connectivity index (χ0) is 13.2. The molecule has 1 aromatic carbocycles. The minimum Gasteiger partial charge on any atom is -0.496 e. The average molecular weight is 272 g/mol. The SMILES string of the molecule is COc1csc(C(=O)c2ccc(C3CCC3)cc2)c1. The highest BCUT2D eigenvalue weighted by molar-refractivity contribution is 7.12. The van der Waals surface area contributed by atoms with Gasteiger partial charge in [0.25, 0.3) is 0 Å². The molecule has 3 heteroatoms. The number of benzene rings is 1. The van der Waals surface area contributed by atoms with Crippen LogP contribution in [0, 0.1) is 0 Å². The number of hydrogen-bond acceptors (Lipinski definition) is 3. The predicted octanol–water partition coefficient (Wildman–Crippen LogP) is 4.26. The molecular formula is C16H16O2S. The molecule has 0 atom stereocenters. The Hall–Kier alpha value is -1.61. The summed E-state index contributed by atoms with van der Waals surface area (Å²) in [4.78, 5) is 13.0. The maximum absolute atomic E-state index is 12.3. The Kier molecular flexibility index (Phi) is 3.38. The molecular weight excluding hydrogens is 256 g/mol. The molecule has 0 amide bonds. The van der Waals surface area contributed by atoms with Crippen molar-refractivity contribution in [2.45, 2.75) is 25.2 Å². The van der Waals surface area contributed by atoms with Crippen LogP contribution in [0.5, 0.6) is 5.75 Å². The van der Waals surface area contributed by atoms with Gasteiger partial charge in [-0.25, -0.2) is 0 Å². The van der Waals surface area contributed by atoms with Gasteiger partial charge in [0.1, 0.15) is 5.75 Å². The van der Waals surface area contributed by atoms with Crippen molar-refractivity contribution in [2.75, 3.05) is 7.11 Å². The first-order valence-electron chi connectivity index (χ1n) is 6.55. The number of thiophene rings is 1. The van der Waals surface area contributed by atoms with Gasteiger partial charge < -0.3 is 4.74 Å². The van der Waals surface area contributed by atoms with E-state index in [9.17, 15) is 4.79 Å². The molecule has 98 valence electrons. The molecule has 1 saturated carbocycles. The zero-order valence-corrected chi connectivity index (χ0v) is 11.7. The quantitative estimate of drug-likeness (QED) is 0.777. The summed E-state index contributed by atoms with van der Waals surface area (Å²) in [6, 6.07) is 9.89. The van der Waals surface area contributed by atoms with Gasteiger partial charge in [0, 0.05) is 17.0 Å². The summed E-state index contributed by atoms with van der Waals surface area (Å²) in [5.74, 6) is 1.54. The van der Waals surface area contributed by atoms with E-state index in [0.717, 1.165) is 16.2 Å². The fraction of sp³-hybridized carbons (Fsp3) is 0.312. The Morgan fingerprint density at radius 1 is 1.26 bits per heavy atom. The normalized spacial score (nSPS) is 15.0. The third-order valence-electron chi connectivity index (χ3n) is 3.78. The fourth-order valence-corrected chi connectivity index (χ4v) is 3.15. The van der Waals surface area contributed by atoms with Crippen molar-refractivity contribution >= 4 is 17.1 Å². The summed E-state index contributed by atoms with van der Waals surface area (Å²) < 4.78 is 5.11. The fourth-order valence-electron chi connectivity index (χ4n) is 2.34. The van der Waals surface area contributed by atoms with Crippen LogP contribution in [-0.4, -0.2) is 12.9 Å². The van der Waals surface area contributed by atoms with Crippen molar-refractivity contribution in [1.29, 1.82) is 0 Å². The maximum atomic E-state index is 12.3. The smallest absolute Gasteiger partial charge is 0.203 e. The number of rotatable bonds is 4. The topological polar surface area (TPSA) is 26.3 Å². The van der Waals surface area contributed by atoms with E-state index in [4.69, 9.17) is 4.74 Å². The monoisotopic (exact) mass is 272 g/mol. The molecule has 19 heavy (non-hydrogen) atoms. The summed E-state index contributed by atoms with van der Waals surface area (Å²) in [6.45, 7) is 0. The molecule has 3 rings (SSSR count). The zero-order valence-electron chi connectivity index (χ0n) is 10.9. The largest absolute Gasteiger partial charge is 0.496 e. The van der Waals surface area contributed by atoms with Crippen LogP contribution in [0.25, 0.3) is 0 Å². The molecule has 1 aliphatic carbocycles. The summed E-state index contributed by atoms with van der Waals surface area (Å²) >= 11 is 1.43. The Morgan fingerprint density at radius 2 is 2.00 bits per heavy atom.